The van der Waals surface area contributed by atoms with Crippen molar-refractivity contribution in [3.05, 3.63) is 53.6 Å². The Labute approximate surface area is 118 Å². The lowest BCUT2D eigenvalue weighted by Gasteiger charge is -2.13. The molecule has 2 aromatic carbocycles. The highest BCUT2D eigenvalue weighted by Crippen LogP contribution is 2.25. The Kier molecular flexibility index (Phi) is 4.25. The molecule has 0 heterocycles. The summed E-state index contributed by atoms with van der Waals surface area (Å²) < 4.78 is 5.41. The van der Waals surface area contributed by atoms with Gasteiger partial charge in [0.25, 0.3) is 5.91 Å². The van der Waals surface area contributed by atoms with Gasteiger partial charge in [-0.2, -0.15) is 0 Å². The fourth-order valence-electron chi connectivity index (χ4n) is 1.90. The second-order valence-corrected chi connectivity index (χ2v) is 4.62. The van der Waals surface area contributed by atoms with E-state index in [0.29, 0.717) is 11.4 Å². The maximum atomic E-state index is 11.9. The van der Waals surface area contributed by atoms with E-state index in [4.69, 9.17) is 10.5 Å². The van der Waals surface area contributed by atoms with Crippen molar-refractivity contribution in [3.8, 4) is 5.75 Å². The minimum Gasteiger partial charge on any atom is -0.484 e. The molecule has 0 fully saturated rings. The molecule has 0 saturated heterocycles. The van der Waals surface area contributed by atoms with Crippen molar-refractivity contribution in [2.75, 3.05) is 17.7 Å². The van der Waals surface area contributed by atoms with Crippen LogP contribution in [0.2, 0.25) is 0 Å². The van der Waals surface area contributed by atoms with Crippen LogP contribution < -0.4 is 15.8 Å². The predicted octanol–water partition coefficient (Wildman–Crippen LogP) is 2.90. The minimum atomic E-state index is -0.203. The number of carbonyl (C=O) groups excluding carboxylic acids is 1. The van der Waals surface area contributed by atoms with Gasteiger partial charge in [0, 0.05) is 11.4 Å². The molecule has 0 atom stereocenters. The molecule has 4 heteroatoms. The third-order valence-electron chi connectivity index (χ3n) is 3.09. The molecule has 0 radical (unpaired) electrons. The third-order valence-corrected chi connectivity index (χ3v) is 3.09. The quantitative estimate of drug-likeness (QED) is 0.840. The lowest BCUT2D eigenvalue weighted by atomic mass is 10.1. The van der Waals surface area contributed by atoms with Crippen LogP contribution in [0.5, 0.6) is 5.75 Å². The van der Waals surface area contributed by atoms with Gasteiger partial charge < -0.3 is 15.8 Å². The first kappa shape index (κ1) is 13.9. The van der Waals surface area contributed by atoms with Crippen LogP contribution >= 0.6 is 0 Å². The Bertz CT molecular complexity index is 609. The van der Waals surface area contributed by atoms with Crippen LogP contribution in [0, 0.1) is 13.8 Å². The molecule has 0 bridgehead atoms. The lowest BCUT2D eigenvalue weighted by molar-refractivity contribution is -0.118. The van der Waals surface area contributed by atoms with Crippen LogP contribution in [0.4, 0.5) is 11.4 Å². The first-order chi connectivity index (χ1) is 9.58. The fourth-order valence-corrected chi connectivity index (χ4v) is 1.90. The zero-order chi connectivity index (χ0) is 14.5. The molecule has 2 aromatic rings. The van der Waals surface area contributed by atoms with Crippen molar-refractivity contribution in [1.29, 1.82) is 0 Å². The number of carbonyl (C=O) groups is 1. The average Bonchev–Trinajstić information content (AvgIpc) is 2.46. The number of rotatable bonds is 4. The van der Waals surface area contributed by atoms with Crippen LogP contribution in [0.1, 0.15) is 11.1 Å². The largest absolute Gasteiger partial charge is 0.484 e. The van der Waals surface area contributed by atoms with Gasteiger partial charge in [-0.3, -0.25) is 4.79 Å². The number of nitrogen functional groups attached to an aromatic ring is 1. The summed E-state index contributed by atoms with van der Waals surface area (Å²) in [5.74, 6) is 0.467. The van der Waals surface area contributed by atoms with E-state index < -0.39 is 0 Å². The van der Waals surface area contributed by atoms with Gasteiger partial charge in [0.15, 0.2) is 6.61 Å². The van der Waals surface area contributed by atoms with E-state index in [1.807, 2.05) is 56.3 Å². The molecule has 0 spiro atoms. The standard InChI is InChI=1S/C16H18N2O2/c1-11-8-9-14(17)12(2)16(11)18-15(19)10-20-13-6-4-3-5-7-13/h3-9H,10,17H2,1-2H3,(H,18,19). The van der Waals surface area contributed by atoms with Crippen molar-refractivity contribution in [2.45, 2.75) is 13.8 Å². The van der Waals surface area contributed by atoms with Gasteiger partial charge in [0.05, 0.1) is 0 Å². The summed E-state index contributed by atoms with van der Waals surface area (Å²) in [5.41, 5.74) is 9.12. The molecular weight excluding hydrogens is 252 g/mol. The van der Waals surface area contributed by atoms with Gasteiger partial charge in [-0.25, -0.2) is 0 Å². The van der Waals surface area contributed by atoms with Crippen LogP contribution in [0.3, 0.4) is 0 Å². The summed E-state index contributed by atoms with van der Waals surface area (Å²) in [6.45, 7) is 3.79. The second kappa shape index (κ2) is 6.10. The number of anilines is 2. The number of para-hydroxylation sites is 1. The molecule has 0 aliphatic heterocycles. The van der Waals surface area contributed by atoms with E-state index in [1.54, 1.807) is 0 Å². The molecule has 0 aromatic heterocycles. The highest BCUT2D eigenvalue weighted by Gasteiger charge is 2.10. The molecule has 4 nitrogen and oxygen atoms in total. The maximum Gasteiger partial charge on any atom is 0.262 e. The summed E-state index contributed by atoms with van der Waals surface area (Å²) in [6.07, 6.45) is 0. The number of aryl methyl sites for hydroxylation is 1. The molecule has 104 valence electrons. The number of hydrogen-bond acceptors (Lipinski definition) is 3. The first-order valence-electron chi connectivity index (χ1n) is 6.41. The van der Waals surface area contributed by atoms with E-state index >= 15 is 0 Å². The number of benzene rings is 2. The molecule has 1 amide bonds. The third kappa shape index (κ3) is 3.29. The molecule has 0 unspecified atom stereocenters. The van der Waals surface area contributed by atoms with Gasteiger partial charge >= 0.3 is 0 Å². The predicted molar refractivity (Wildman–Crippen MR) is 80.9 cm³/mol. The Morgan fingerprint density at radius 1 is 1.15 bits per heavy atom. The molecule has 2 rings (SSSR count). The molecule has 20 heavy (non-hydrogen) atoms. The number of hydrogen-bond donors (Lipinski definition) is 2. The van der Waals surface area contributed by atoms with Crippen molar-refractivity contribution < 1.29 is 9.53 Å². The SMILES string of the molecule is Cc1ccc(N)c(C)c1NC(=O)COc1ccccc1. The Morgan fingerprint density at radius 2 is 1.85 bits per heavy atom. The molecule has 3 N–H and O–H groups in total. The van der Waals surface area contributed by atoms with Crippen molar-refractivity contribution in [2.24, 2.45) is 0 Å². The van der Waals surface area contributed by atoms with Gasteiger partial charge in [-0.15, -0.1) is 0 Å². The van der Waals surface area contributed by atoms with E-state index in [1.165, 1.54) is 0 Å². The van der Waals surface area contributed by atoms with E-state index in [9.17, 15) is 4.79 Å². The van der Waals surface area contributed by atoms with Crippen LogP contribution in [-0.4, -0.2) is 12.5 Å². The number of amides is 1. The van der Waals surface area contributed by atoms with Crippen molar-refractivity contribution >= 4 is 17.3 Å². The summed E-state index contributed by atoms with van der Waals surface area (Å²) >= 11 is 0. The van der Waals surface area contributed by atoms with Crippen LogP contribution in [0.15, 0.2) is 42.5 Å². The smallest absolute Gasteiger partial charge is 0.262 e. The van der Waals surface area contributed by atoms with Crippen molar-refractivity contribution in [3.63, 3.8) is 0 Å². The molecule has 0 aliphatic rings. The number of nitrogens with one attached hydrogen (secondary N) is 1. The summed E-state index contributed by atoms with van der Waals surface area (Å²) in [6, 6.07) is 13.0. The van der Waals surface area contributed by atoms with Crippen LogP contribution in [0.25, 0.3) is 0 Å². The molecule has 0 saturated carbocycles. The molecular formula is C16H18N2O2. The van der Waals surface area contributed by atoms with E-state index in [2.05, 4.69) is 5.32 Å². The number of ether oxygens (including phenoxy) is 1. The average molecular weight is 270 g/mol. The van der Waals surface area contributed by atoms with Gasteiger partial charge in [-0.1, -0.05) is 24.3 Å². The first-order valence-corrected chi connectivity index (χ1v) is 6.41. The summed E-state index contributed by atoms with van der Waals surface area (Å²) in [4.78, 5) is 11.9. The lowest BCUT2D eigenvalue weighted by Crippen LogP contribution is -2.21. The maximum absolute atomic E-state index is 11.9. The van der Waals surface area contributed by atoms with E-state index in [0.717, 1.165) is 16.8 Å². The zero-order valence-corrected chi connectivity index (χ0v) is 11.6. The summed E-state index contributed by atoms with van der Waals surface area (Å²) in [5, 5.41) is 2.85. The minimum absolute atomic E-state index is 0.0301. The highest BCUT2D eigenvalue weighted by molar-refractivity contribution is 5.94. The fraction of sp³-hybridized carbons (Fsp3) is 0.188. The highest BCUT2D eigenvalue weighted by atomic mass is 16.5. The normalized spacial score (nSPS) is 10.1. The van der Waals surface area contributed by atoms with E-state index in [-0.39, 0.29) is 12.5 Å². The molecule has 0 aliphatic carbocycles. The zero-order valence-electron chi connectivity index (χ0n) is 11.6. The topological polar surface area (TPSA) is 64.3 Å². The van der Waals surface area contributed by atoms with Gasteiger partial charge in [0.2, 0.25) is 0 Å². The summed E-state index contributed by atoms with van der Waals surface area (Å²) in [7, 11) is 0. The van der Waals surface area contributed by atoms with Crippen molar-refractivity contribution in [1.82, 2.24) is 0 Å². The Balaban J connectivity index is 2.00. The monoisotopic (exact) mass is 270 g/mol. The van der Waals surface area contributed by atoms with Gasteiger partial charge in [-0.05, 0) is 43.2 Å². The Morgan fingerprint density at radius 3 is 2.55 bits per heavy atom. The Hall–Kier alpha value is -2.49. The van der Waals surface area contributed by atoms with Crippen LogP contribution in [-0.2, 0) is 4.79 Å². The number of nitrogens with two attached hydrogens (primary N) is 1. The second-order valence-electron chi connectivity index (χ2n) is 4.62. The van der Waals surface area contributed by atoms with Gasteiger partial charge in [0.1, 0.15) is 5.75 Å².